The highest BCUT2D eigenvalue weighted by Gasteiger charge is 2.41. The van der Waals surface area contributed by atoms with Gasteiger partial charge in [-0.3, -0.25) is 0 Å². The van der Waals surface area contributed by atoms with E-state index < -0.39 is 29.9 Å². The van der Waals surface area contributed by atoms with Gasteiger partial charge in [0.05, 0.1) is 19.3 Å². The van der Waals surface area contributed by atoms with Gasteiger partial charge in [-0.25, -0.2) is 4.67 Å². The van der Waals surface area contributed by atoms with E-state index in [2.05, 4.69) is 11.4 Å². The van der Waals surface area contributed by atoms with Crippen molar-refractivity contribution in [3.63, 3.8) is 0 Å². The topological polar surface area (TPSA) is 96.5 Å². The number of hydroxylamine groups is 2. The molecule has 0 saturated carbocycles. The molecule has 3 N–H and O–H groups in total. The van der Waals surface area contributed by atoms with Crippen molar-refractivity contribution in [3.05, 3.63) is 0 Å². The van der Waals surface area contributed by atoms with E-state index in [-0.39, 0.29) is 6.42 Å². The predicted molar refractivity (Wildman–Crippen MR) is 73.6 cm³/mol. The summed E-state index contributed by atoms with van der Waals surface area (Å²) in [7, 11) is 3.15. The number of hydrogen-bond donors (Lipinski definition) is 3. The zero-order valence-corrected chi connectivity index (χ0v) is 12.1. The van der Waals surface area contributed by atoms with Gasteiger partial charge in [0.15, 0.2) is 6.72 Å². The molecule has 0 amide bonds. The first kappa shape index (κ1) is 16.5. The molecule has 5 atom stereocenters. The molecular weight excluding hydrogens is 272 g/mol. The number of amidine groups is 1. The van der Waals surface area contributed by atoms with Crippen molar-refractivity contribution in [2.24, 2.45) is 0 Å². The van der Waals surface area contributed by atoms with Gasteiger partial charge in [-0.1, -0.05) is 0 Å². The molecule has 1 aliphatic heterocycles. The lowest BCUT2D eigenvalue weighted by molar-refractivity contribution is -0.175. The number of rotatable bonds is 3. The van der Waals surface area contributed by atoms with E-state index in [0.29, 0.717) is 5.17 Å². The minimum Gasteiger partial charge on any atom is -0.391 e. The molecule has 0 aromatic rings. The zero-order valence-electron chi connectivity index (χ0n) is 11.3. The van der Waals surface area contributed by atoms with Crippen LogP contribution in [0.2, 0.25) is 0 Å². The number of hydrogen-bond acceptors (Lipinski definition) is 6. The Morgan fingerprint density at radius 3 is 2.68 bits per heavy atom. The van der Waals surface area contributed by atoms with E-state index in [1.165, 1.54) is 30.9 Å². The Hall–Kier alpha value is -0.600. The fourth-order valence-corrected chi connectivity index (χ4v) is 2.76. The predicted octanol–water partition coefficient (Wildman–Crippen LogP) is -1.45. The maximum absolute atomic E-state index is 9.79. The minimum absolute atomic E-state index is 0.228. The molecular formula is C11H21N2O5S+. The van der Waals surface area contributed by atoms with Crippen LogP contribution in [0.15, 0.2) is 0 Å². The van der Waals surface area contributed by atoms with Gasteiger partial charge in [0, 0.05) is 18.2 Å². The van der Waals surface area contributed by atoms with Gasteiger partial charge < -0.3 is 20.1 Å². The molecule has 8 heteroatoms. The van der Waals surface area contributed by atoms with Crippen LogP contribution in [0.4, 0.5) is 0 Å². The van der Waals surface area contributed by atoms with Gasteiger partial charge in [0.1, 0.15) is 24.7 Å². The van der Waals surface area contributed by atoms with E-state index in [0.717, 1.165) is 0 Å². The minimum atomic E-state index is -1.10. The van der Waals surface area contributed by atoms with E-state index in [9.17, 15) is 15.3 Å². The van der Waals surface area contributed by atoms with Gasteiger partial charge in [-0.05, 0) is 6.92 Å². The molecule has 0 spiro atoms. The van der Waals surface area contributed by atoms with Crippen LogP contribution in [-0.4, -0.2) is 76.3 Å². The highest BCUT2D eigenvalue weighted by molar-refractivity contribution is 8.14. The Morgan fingerprint density at radius 2 is 2.21 bits per heavy atom. The number of ether oxygens (including phenoxy) is 1. The third-order valence-corrected chi connectivity index (χ3v) is 4.03. The average molecular weight is 293 g/mol. The summed E-state index contributed by atoms with van der Waals surface area (Å²) in [6.45, 7) is 4.94. The second-order valence-corrected chi connectivity index (χ2v) is 5.43. The molecule has 1 saturated heterocycles. The summed E-state index contributed by atoms with van der Waals surface area (Å²) in [5.41, 5.74) is -0.448. The summed E-state index contributed by atoms with van der Waals surface area (Å²) in [6.07, 6.45) is -3.54. The summed E-state index contributed by atoms with van der Waals surface area (Å²) in [5, 5.41) is 31.0. The molecule has 0 bridgehead atoms. The Kier molecular flexibility index (Phi) is 6.28. The van der Waals surface area contributed by atoms with Crippen LogP contribution in [0.1, 0.15) is 13.3 Å². The van der Waals surface area contributed by atoms with Gasteiger partial charge in [-0.2, -0.15) is 4.84 Å². The van der Waals surface area contributed by atoms with Crippen molar-refractivity contribution in [3.8, 4) is 0 Å². The normalized spacial score (nSPS) is 32.5. The average Bonchev–Trinajstić information content (AvgIpc) is 2.38. The van der Waals surface area contributed by atoms with Crippen molar-refractivity contribution in [2.75, 3.05) is 14.2 Å². The summed E-state index contributed by atoms with van der Waals surface area (Å²) >= 11 is 1.21. The molecule has 0 radical (unpaired) electrons. The van der Waals surface area contributed by atoms with Crippen LogP contribution in [0, 0.1) is 0 Å². The van der Waals surface area contributed by atoms with Gasteiger partial charge in [-0.15, -0.1) is 5.06 Å². The summed E-state index contributed by atoms with van der Waals surface area (Å²) in [5.74, 6) is 0. The summed E-state index contributed by atoms with van der Waals surface area (Å²) in [4.78, 5) is 4.99. The lowest BCUT2D eigenvalue weighted by Crippen LogP contribution is -2.52. The summed E-state index contributed by atoms with van der Waals surface area (Å²) in [6, 6.07) is 0. The molecule has 5 unspecified atom stereocenters. The van der Waals surface area contributed by atoms with E-state index in [4.69, 9.17) is 9.57 Å². The molecule has 0 aromatic heterocycles. The Bertz CT molecular complexity index is 348. The first-order chi connectivity index (χ1) is 8.90. The Balaban J connectivity index is 2.72. The van der Waals surface area contributed by atoms with Crippen molar-refractivity contribution >= 4 is 23.6 Å². The maximum atomic E-state index is 9.79. The maximum Gasteiger partial charge on any atom is 0.437 e. The van der Waals surface area contributed by atoms with Gasteiger partial charge in [0.2, 0.25) is 0 Å². The van der Waals surface area contributed by atoms with Crippen LogP contribution in [0.25, 0.3) is 0 Å². The number of aliphatic hydroxyl groups is 3. The molecule has 19 heavy (non-hydrogen) atoms. The molecule has 1 aliphatic rings. The monoisotopic (exact) mass is 293 g/mol. The lowest BCUT2D eigenvalue weighted by Gasteiger charge is -2.37. The largest absolute Gasteiger partial charge is 0.437 e. The first-order valence-electron chi connectivity index (χ1n) is 5.88. The van der Waals surface area contributed by atoms with Crippen LogP contribution in [-0.2, 0) is 9.57 Å². The molecule has 1 rings (SSSR count). The SMILES string of the molecule is C=[N+]=C(SC1CC(O)C(O)C(C(C)O)O1)N(C)OC. The van der Waals surface area contributed by atoms with Crippen LogP contribution in [0.5, 0.6) is 0 Å². The van der Waals surface area contributed by atoms with E-state index >= 15 is 0 Å². The highest BCUT2D eigenvalue weighted by Crippen LogP contribution is 2.30. The molecule has 1 fully saturated rings. The zero-order chi connectivity index (χ0) is 14.6. The quantitative estimate of drug-likeness (QED) is 0.254. The molecule has 7 nitrogen and oxygen atoms in total. The molecule has 1 heterocycles. The standard InChI is InChI=1S/C11H21N2O5S/c1-6(14)10-9(16)7(15)5-8(18-10)19-11(12-2)13(3)17-4/h6-10,14-16H,2,5H2,1,3-4H3/q+1. The van der Waals surface area contributed by atoms with Gasteiger partial charge in [0.25, 0.3) is 0 Å². The van der Waals surface area contributed by atoms with Gasteiger partial charge >= 0.3 is 5.17 Å². The lowest BCUT2D eigenvalue weighted by atomic mass is 9.99. The summed E-state index contributed by atoms with van der Waals surface area (Å²) < 4.78 is 9.38. The fourth-order valence-electron chi connectivity index (χ4n) is 1.75. The molecule has 0 aliphatic carbocycles. The first-order valence-corrected chi connectivity index (χ1v) is 6.76. The number of aliphatic hydroxyl groups excluding tert-OH is 3. The van der Waals surface area contributed by atoms with Crippen molar-refractivity contribution in [1.29, 1.82) is 0 Å². The highest BCUT2D eigenvalue weighted by atomic mass is 32.2. The van der Waals surface area contributed by atoms with Crippen LogP contribution >= 0.6 is 11.8 Å². The smallest absolute Gasteiger partial charge is 0.391 e. The van der Waals surface area contributed by atoms with Crippen molar-refractivity contribution in [2.45, 2.75) is 43.2 Å². The number of thioether (sulfide) groups is 1. The van der Waals surface area contributed by atoms with E-state index in [1.54, 1.807) is 7.05 Å². The molecule has 0 aromatic carbocycles. The van der Waals surface area contributed by atoms with Crippen molar-refractivity contribution in [1.82, 2.24) is 9.73 Å². The Morgan fingerprint density at radius 1 is 1.58 bits per heavy atom. The Labute approximate surface area is 116 Å². The third-order valence-electron chi connectivity index (χ3n) is 2.86. The third kappa shape index (κ3) is 4.19. The number of nitrogens with zero attached hydrogens (tertiary/aromatic N) is 2. The van der Waals surface area contributed by atoms with Crippen LogP contribution in [0.3, 0.4) is 0 Å². The van der Waals surface area contributed by atoms with Crippen molar-refractivity contribution < 1.29 is 24.9 Å². The molecule has 110 valence electrons. The fraction of sp³-hybridized carbons (Fsp3) is 0.818. The van der Waals surface area contributed by atoms with E-state index in [1.807, 2.05) is 0 Å². The van der Waals surface area contributed by atoms with Crippen LogP contribution < -0.4 is 4.67 Å². The second-order valence-electron chi connectivity index (χ2n) is 4.30. The second kappa shape index (κ2) is 7.25.